The quantitative estimate of drug-likeness (QED) is 0.585. The SMILES string of the molecule is COc1ccc(CNC2COC(C(c3ccc(F)cc3)c3ccc(F)cc3)CC2O)cn1. The van der Waals surface area contributed by atoms with Crippen LogP contribution >= 0.6 is 0 Å². The highest BCUT2D eigenvalue weighted by molar-refractivity contribution is 5.34. The van der Waals surface area contributed by atoms with Gasteiger partial charge in [0.25, 0.3) is 0 Å². The molecule has 1 fully saturated rings. The molecule has 1 aliphatic rings. The summed E-state index contributed by atoms with van der Waals surface area (Å²) in [7, 11) is 1.57. The molecule has 0 bridgehead atoms. The molecule has 2 N–H and O–H groups in total. The molecule has 1 aromatic heterocycles. The van der Waals surface area contributed by atoms with E-state index in [4.69, 9.17) is 9.47 Å². The number of methoxy groups -OCH3 is 1. The average molecular weight is 440 g/mol. The van der Waals surface area contributed by atoms with Crippen LogP contribution in [0.25, 0.3) is 0 Å². The van der Waals surface area contributed by atoms with E-state index in [1.807, 2.05) is 6.07 Å². The molecule has 0 spiro atoms. The second-order valence-corrected chi connectivity index (χ2v) is 7.95. The molecule has 168 valence electrons. The van der Waals surface area contributed by atoms with Crippen LogP contribution in [0.4, 0.5) is 8.78 Å². The molecule has 0 aliphatic carbocycles. The number of hydrogen-bond acceptors (Lipinski definition) is 5. The number of pyridine rings is 1. The Hall–Kier alpha value is -2.87. The number of halogens is 2. The topological polar surface area (TPSA) is 63.6 Å². The lowest BCUT2D eigenvalue weighted by Gasteiger charge is -2.38. The molecule has 1 aliphatic heterocycles. The van der Waals surface area contributed by atoms with Gasteiger partial charge in [0.15, 0.2) is 0 Å². The number of benzene rings is 2. The average Bonchev–Trinajstić information content (AvgIpc) is 2.81. The number of hydrogen-bond donors (Lipinski definition) is 2. The summed E-state index contributed by atoms with van der Waals surface area (Å²) < 4.78 is 38.2. The molecule has 4 rings (SSSR count). The van der Waals surface area contributed by atoms with Gasteiger partial charge in [-0.3, -0.25) is 0 Å². The fourth-order valence-corrected chi connectivity index (χ4v) is 4.08. The van der Waals surface area contributed by atoms with Crippen molar-refractivity contribution in [2.24, 2.45) is 0 Å². The van der Waals surface area contributed by atoms with Crippen molar-refractivity contribution in [1.29, 1.82) is 0 Å². The van der Waals surface area contributed by atoms with Crippen LogP contribution < -0.4 is 10.1 Å². The van der Waals surface area contributed by atoms with E-state index in [-0.39, 0.29) is 29.7 Å². The first-order valence-electron chi connectivity index (χ1n) is 10.6. The zero-order valence-electron chi connectivity index (χ0n) is 17.7. The van der Waals surface area contributed by atoms with Gasteiger partial charge in [-0.05, 0) is 41.0 Å². The van der Waals surface area contributed by atoms with Gasteiger partial charge in [-0.25, -0.2) is 13.8 Å². The summed E-state index contributed by atoms with van der Waals surface area (Å²) in [5.41, 5.74) is 2.67. The maximum Gasteiger partial charge on any atom is 0.212 e. The molecular formula is C25H26F2N2O3. The van der Waals surface area contributed by atoms with Crippen LogP contribution in [-0.4, -0.2) is 42.1 Å². The van der Waals surface area contributed by atoms with Crippen molar-refractivity contribution in [3.8, 4) is 5.88 Å². The van der Waals surface area contributed by atoms with Crippen molar-refractivity contribution >= 4 is 0 Å². The molecule has 3 aromatic rings. The lowest BCUT2D eigenvalue weighted by atomic mass is 9.82. The minimum Gasteiger partial charge on any atom is -0.481 e. The molecular weight excluding hydrogens is 414 g/mol. The van der Waals surface area contributed by atoms with Crippen molar-refractivity contribution in [2.75, 3.05) is 13.7 Å². The Balaban J connectivity index is 1.45. The molecule has 32 heavy (non-hydrogen) atoms. The number of aliphatic hydroxyl groups excluding tert-OH is 1. The highest BCUT2D eigenvalue weighted by atomic mass is 19.1. The normalized spacial score (nSPS) is 21.0. The van der Waals surface area contributed by atoms with Crippen molar-refractivity contribution in [3.05, 3.63) is 95.2 Å². The van der Waals surface area contributed by atoms with E-state index in [9.17, 15) is 13.9 Å². The van der Waals surface area contributed by atoms with Crippen molar-refractivity contribution < 1.29 is 23.4 Å². The van der Waals surface area contributed by atoms with E-state index in [0.29, 0.717) is 25.5 Å². The second-order valence-electron chi connectivity index (χ2n) is 7.95. The van der Waals surface area contributed by atoms with Gasteiger partial charge in [0.05, 0.1) is 32.0 Å². The monoisotopic (exact) mass is 440 g/mol. The van der Waals surface area contributed by atoms with E-state index in [1.165, 1.54) is 24.3 Å². The number of nitrogens with one attached hydrogen (secondary N) is 1. The molecule has 1 saturated heterocycles. The van der Waals surface area contributed by atoms with Gasteiger partial charge in [-0.2, -0.15) is 0 Å². The summed E-state index contributed by atoms with van der Waals surface area (Å²) in [6.45, 7) is 0.848. The van der Waals surface area contributed by atoms with Gasteiger partial charge in [0, 0.05) is 31.1 Å². The van der Waals surface area contributed by atoms with E-state index < -0.39 is 6.10 Å². The molecule has 5 nitrogen and oxygen atoms in total. The third-order valence-electron chi connectivity index (χ3n) is 5.83. The number of rotatable bonds is 7. The van der Waals surface area contributed by atoms with Gasteiger partial charge in [0.2, 0.25) is 5.88 Å². The maximum absolute atomic E-state index is 13.5. The molecule has 0 saturated carbocycles. The van der Waals surface area contributed by atoms with Gasteiger partial charge in [-0.1, -0.05) is 30.3 Å². The van der Waals surface area contributed by atoms with Crippen molar-refractivity contribution in [3.63, 3.8) is 0 Å². The summed E-state index contributed by atoms with van der Waals surface area (Å²) in [4.78, 5) is 4.19. The third kappa shape index (κ3) is 5.30. The molecule has 7 heteroatoms. The fraction of sp³-hybridized carbons (Fsp3) is 0.320. The number of ether oxygens (including phenoxy) is 2. The summed E-state index contributed by atoms with van der Waals surface area (Å²) in [6, 6.07) is 15.9. The standard InChI is InChI=1S/C25H26F2N2O3/c1-31-24-11-2-16(14-29-24)13-28-21-15-32-23(12-22(21)30)25(17-3-7-19(26)8-4-17)18-5-9-20(27)10-6-18/h2-11,14,21-23,25,28,30H,12-13,15H2,1H3. The van der Waals surface area contributed by atoms with Crippen molar-refractivity contribution in [2.45, 2.75) is 37.1 Å². The van der Waals surface area contributed by atoms with E-state index in [0.717, 1.165) is 16.7 Å². The van der Waals surface area contributed by atoms with Gasteiger partial charge >= 0.3 is 0 Å². The lowest BCUT2D eigenvalue weighted by molar-refractivity contribution is -0.0718. The van der Waals surface area contributed by atoms with Crippen LogP contribution in [0, 0.1) is 11.6 Å². The smallest absolute Gasteiger partial charge is 0.212 e. The van der Waals surface area contributed by atoms with E-state index in [1.54, 1.807) is 43.6 Å². The third-order valence-corrected chi connectivity index (χ3v) is 5.83. The van der Waals surface area contributed by atoms with Gasteiger partial charge in [0.1, 0.15) is 11.6 Å². The fourth-order valence-electron chi connectivity index (χ4n) is 4.08. The van der Waals surface area contributed by atoms with E-state index in [2.05, 4.69) is 10.3 Å². The first-order chi connectivity index (χ1) is 15.5. The predicted octanol–water partition coefficient (Wildman–Crippen LogP) is 3.81. The second kappa shape index (κ2) is 10.2. The summed E-state index contributed by atoms with van der Waals surface area (Å²) in [5, 5.41) is 14.2. The largest absolute Gasteiger partial charge is 0.481 e. The summed E-state index contributed by atoms with van der Waals surface area (Å²) in [5.74, 6) is -0.357. The summed E-state index contributed by atoms with van der Waals surface area (Å²) in [6.07, 6.45) is 1.15. The van der Waals surface area contributed by atoms with Crippen LogP contribution in [0.5, 0.6) is 5.88 Å². The Morgan fingerprint density at radius 1 is 1.03 bits per heavy atom. The zero-order chi connectivity index (χ0) is 22.5. The number of nitrogens with zero attached hydrogens (tertiary/aromatic N) is 1. The van der Waals surface area contributed by atoms with Crippen LogP contribution in [0.15, 0.2) is 66.9 Å². The first-order valence-corrected chi connectivity index (χ1v) is 10.6. The number of aromatic nitrogens is 1. The Bertz CT molecular complexity index is 952. The zero-order valence-corrected chi connectivity index (χ0v) is 17.7. The van der Waals surface area contributed by atoms with Crippen LogP contribution in [0.1, 0.15) is 29.0 Å². The first kappa shape index (κ1) is 22.3. The van der Waals surface area contributed by atoms with Gasteiger partial charge < -0.3 is 19.9 Å². The molecule has 2 aromatic carbocycles. The Kier molecular flexibility index (Phi) is 7.09. The molecule has 3 unspecified atom stereocenters. The minimum atomic E-state index is -0.636. The van der Waals surface area contributed by atoms with E-state index >= 15 is 0 Å². The van der Waals surface area contributed by atoms with Gasteiger partial charge in [-0.15, -0.1) is 0 Å². The minimum absolute atomic E-state index is 0.240. The number of aliphatic hydroxyl groups is 1. The molecule has 3 atom stereocenters. The molecule has 2 heterocycles. The highest BCUT2D eigenvalue weighted by Crippen LogP contribution is 2.35. The Morgan fingerprint density at radius 2 is 1.66 bits per heavy atom. The van der Waals surface area contributed by atoms with Crippen LogP contribution in [0.3, 0.4) is 0 Å². The van der Waals surface area contributed by atoms with Crippen LogP contribution in [0.2, 0.25) is 0 Å². The molecule has 0 amide bonds. The lowest BCUT2D eigenvalue weighted by Crippen LogP contribution is -2.50. The summed E-state index contributed by atoms with van der Waals surface area (Å²) >= 11 is 0. The molecule has 0 radical (unpaired) electrons. The Morgan fingerprint density at radius 3 is 2.16 bits per heavy atom. The maximum atomic E-state index is 13.5. The van der Waals surface area contributed by atoms with Crippen LogP contribution in [-0.2, 0) is 11.3 Å². The predicted molar refractivity (Wildman–Crippen MR) is 116 cm³/mol. The van der Waals surface area contributed by atoms with Crippen molar-refractivity contribution in [1.82, 2.24) is 10.3 Å². The Labute approximate surface area is 186 Å². The highest BCUT2D eigenvalue weighted by Gasteiger charge is 2.35.